The predicted octanol–water partition coefficient (Wildman–Crippen LogP) is 2.25. The molecule has 2 heteroatoms. The molecule has 1 aliphatic heterocycles. The zero-order valence-corrected chi connectivity index (χ0v) is 7.41. The van der Waals surface area contributed by atoms with Crippen molar-refractivity contribution in [3.8, 4) is 0 Å². The first-order valence-electron chi connectivity index (χ1n) is 4.16. The van der Waals surface area contributed by atoms with Crippen LogP contribution in [0.1, 0.15) is 19.5 Å². The fourth-order valence-electron chi connectivity index (χ4n) is 1.60. The molecule has 1 aromatic rings. The summed E-state index contributed by atoms with van der Waals surface area (Å²) in [7, 11) is 0. The molecule has 12 heavy (non-hydrogen) atoms. The van der Waals surface area contributed by atoms with Gasteiger partial charge in [0, 0.05) is 6.54 Å². The zero-order valence-electron chi connectivity index (χ0n) is 7.41. The smallest absolute Gasteiger partial charge is 0.0954 e. The Morgan fingerprint density at radius 3 is 3.08 bits per heavy atom. The fourth-order valence-corrected chi connectivity index (χ4v) is 1.60. The molecule has 0 unspecified atom stereocenters. The summed E-state index contributed by atoms with van der Waals surface area (Å²) in [6.07, 6.45) is 8.06. The van der Waals surface area contributed by atoms with Crippen LogP contribution >= 0.6 is 0 Å². The maximum atomic E-state index is 4.09. The monoisotopic (exact) mass is 160 g/mol. The molecular weight excluding hydrogens is 148 g/mol. The van der Waals surface area contributed by atoms with E-state index in [1.807, 2.05) is 19.4 Å². The summed E-state index contributed by atoms with van der Waals surface area (Å²) >= 11 is 0. The van der Waals surface area contributed by atoms with Crippen LogP contribution in [0.5, 0.6) is 0 Å². The molecule has 2 nitrogen and oxygen atoms in total. The molecule has 0 spiro atoms. The minimum Gasteiger partial charge on any atom is -0.326 e. The van der Waals surface area contributed by atoms with Gasteiger partial charge in [-0.1, -0.05) is 12.2 Å². The Morgan fingerprint density at radius 2 is 2.42 bits per heavy atom. The third-order valence-corrected chi connectivity index (χ3v) is 2.29. The van der Waals surface area contributed by atoms with Crippen molar-refractivity contribution in [2.75, 3.05) is 0 Å². The minimum absolute atomic E-state index is 0.978. The van der Waals surface area contributed by atoms with Crippen LogP contribution in [0.25, 0.3) is 5.57 Å². The summed E-state index contributed by atoms with van der Waals surface area (Å²) in [5.74, 6) is 0. The van der Waals surface area contributed by atoms with Crippen LogP contribution in [0.4, 0.5) is 0 Å². The standard InChI is InChI=1S/C10H12N2/c1-3-4-9-6-12-7-11-5-10(12)8(9)2/h3-5,7H,6H2,1-2H3. The summed E-state index contributed by atoms with van der Waals surface area (Å²) < 4.78 is 2.17. The van der Waals surface area contributed by atoms with E-state index >= 15 is 0 Å². The average Bonchev–Trinajstić information content (AvgIpc) is 2.58. The van der Waals surface area contributed by atoms with Gasteiger partial charge in [0.25, 0.3) is 0 Å². The van der Waals surface area contributed by atoms with Gasteiger partial charge in [-0.05, 0) is 25.0 Å². The van der Waals surface area contributed by atoms with E-state index in [2.05, 4.69) is 28.6 Å². The van der Waals surface area contributed by atoms with Crippen LogP contribution in [0.3, 0.4) is 0 Å². The first kappa shape index (κ1) is 7.35. The van der Waals surface area contributed by atoms with Crippen molar-refractivity contribution in [2.45, 2.75) is 20.4 Å². The molecule has 0 saturated carbocycles. The number of hydrogen-bond donors (Lipinski definition) is 0. The summed E-state index contributed by atoms with van der Waals surface area (Å²) in [4.78, 5) is 4.09. The van der Waals surface area contributed by atoms with Crippen molar-refractivity contribution in [2.24, 2.45) is 0 Å². The van der Waals surface area contributed by atoms with Crippen molar-refractivity contribution in [3.05, 3.63) is 35.9 Å². The number of imidazole rings is 1. The lowest BCUT2D eigenvalue weighted by Crippen LogP contribution is -1.91. The lowest BCUT2D eigenvalue weighted by Gasteiger charge is -1.94. The normalized spacial score (nSPS) is 16.2. The number of nitrogens with zero attached hydrogens (tertiary/aromatic N) is 2. The van der Waals surface area contributed by atoms with Gasteiger partial charge in [0.1, 0.15) is 0 Å². The molecule has 1 aliphatic rings. The van der Waals surface area contributed by atoms with E-state index in [1.165, 1.54) is 16.8 Å². The molecule has 0 fully saturated rings. The third kappa shape index (κ3) is 0.916. The number of allylic oxidation sites excluding steroid dienone is 4. The second-order valence-electron chi connectivity index (χ2n) is 3.06. The Labute approximate surface area is 72.2 Å². The van der Waals surface area contributed by atoms with Crippen molar-refractivity contribution in [1.82, 2.24) is 9.55 Å². The summed E-state index contributed by atoms with van der Waals surface area (Å²) in [5, 5.41) is 0. The molecule has 0 radical (unpaired) electrons. The van der Waals surface area contributed by atoms with E-state index < -0.39 is 0 Å². The first-order chi connectivity index (χ1) is 5.83. The van der Waals surface area contributed by atoms with Gasteiger partial charge in [-0.15, -0.1) is 0 Å². The molecule has 0 saturated heterocycles. The number of hydrogen-bond acceptors (Lipinski definition) is 1. The molecule has 1 aromatic heterocycles. The van der Waals surface area contributed by atoms with Gasteiger partial charge in [-0.25, -0.2) is 4.98 Å². The average molecular weight is 160 g/mol. The molecule has 0 N–H and O–H groups in total. The van der Waals surface area contributed by atoms with E-state index in [1.54, 1.807) is 0 Å². The maximum Gasteiger partial charge on any atom is 0.0954 e. The molecule has 2 heterocycles. The van der Waals surface area contributed by atoms with Gasteiger partial charge in [0.05, 0.1) is 18.2 Å². The zero-order chi connectivity index (χ0) is 8.55. The molecule has 0 aliphatic carbocycles. The number of rotatable bonds is 1. The van der Waals surface area contributed by atoms with E-state index in [0.717, 1.165) is 6.54 Å². The van der Waals surface area contributed by atoms with E-state index in [0.29, 0.717) is 0 Å². The first-order valence-corrected chi connectivity index (χ1v) is 4.16. The van der Waals surface area contributed by atoms with Crippen molar-refractivity contribution in [3.63, 3.8) is 0 Å². The second-order valence-corrected chi connectivity index (χ2v) is 3.06. The minimum atomic E-state index is 0.978. The van der Waals surface area contributed by atoms with Crippen molar-refractivity contribution < 1.29 is 0 Å². The Bertz CT molecular complexity index is 356. The maximum absolute atomic E-state index is 4.09. The quantitative estimate of drug-likeness (QED) is 0.616. The fraction of sp³-hybridized carbons (Fsp3) is 0.300. The largest absolute Gasteiger partial charge is 0.326 e. The van der Waals surface area contributed by atoms with Crippen LogP contribution in [-0.4, -0.2) is 9.55 Å². The highest BCUT2D eigenvalue weighted by Crippen LogP contribution is 2.26. The number of aromatic nitrogens is 2. The second kappa shape index (κ2) is 2.63. The Kier molecular flexibility index (Phi) is 1.61. The highest BCUT2D eigenvalue weighted by molar-refractivity contribution is 5.69. The SMILES string of the molecule is CC=CC1=C(C)c2cncn2C1. The lowest BCUT2D eigenvalue weighted by atomic mass is 10.1. The Morgan fingerprint density at radius 1 is 1.58 bits per heavy atom. The van der Waals surface area contributed by atoms with Crippen LogP contribution in [0.15, 0.2) is 30.2 Å². The van der Waals surface area contributed by atoms with Crippen molar-refractivity contribution in [1.29, 1.82) is 0 Å². The summed E-state index contributed by atoms with van der Waals surface area (Å²) in [6, 6.07) is 0. The molecular formula is C10H12N2. The van der Waals surface area contributed by atoms with Crippen LogP contribution in [-0.2, 0) is 6.54 Å². The molecule has 0 atom stereocenters. The van der Waals surface area contributed by atoms with E-state index in [4.69, 9.17) is 0 Å². The predicted molar refractivity (Wildman–Crippen MR) is 49.6 cm³/mol. The van der Waals surface area contributed by atoms with Gasteiger partial charge < -0.3 is 4.57 Å². The third-order valence-electron chi connectivity index (χ3n) is 2.29. The van der Waals surface area contributed by atoms with E-state index in [-0.39, 0.29) is 0 Å². The highest BCUT2D eigenvalue weighted by atomic mass is 15.1. The Balaban J connectivity index is 2.44. The van der Waals surface area contributed by atoms with Crippen LogP contribution in [0.2, 0.25) is 0 Å². The molecule has 0 aromatic carbocycles. The van der Waals surface area contributed by atoms with Crippen molar-refractivity contribution >= 4 is 5.57 Å². The molecule has 0 bridgehead atoms. The van der Waals surface area contributed by atoms with Crippen LogP contribution < -0.4 is 0 Å². The number of fused-ring (bicyclic) bond motifs is 1. The van der Waals surface area contributed by atoms with Gasteiger partial charge in [0.15, 0.2) is 0 Å². The summed E-state index contributed by atoms with van der Waals surface area (Å²) in [5.41, 5.74) is 4.00. The van der Waals surface area contributed by atoms with E-state index in [9.17, 15) is 0 Å². The van der Waals surface area contributed by atoms with Gasteiger partial charge in [0.2, 0.25) is 0 Å². The van der Waals surface area contributed by atoms with Crippen LogP contribution in [0, 0.1) is 0 Å². The molecule has 2 rings (SSSR count). The van der Waals surface area contributed by atoms with Gasteiger partial charge in [-0.3, -0.25) is 0 Å². The lowest BCUT2D eigenvalue weighted by molar-refractivity contribution is 0.817. The molecule has 0 amide bonds. The van der Waals surface area contributed by atoms with Gasteiger partial charge >= 0.3 is 0 Å². The van der Waals surface area contributed by atoms with Gasteiger partial charge in [-0.2, -0.15) is 0 Å². The Hall–Kier alpha value is -1.31. The highest BCUT2D eigenvalue weighted by Gasteiger charge is 2.15. The topological polar surface area (TPSA) is 17.8 Å². The summed E-state index contributed by atoms with van der Waals surface area (Å²) in [6.45, 7) is 5.17. The molecule has 62 valence electrons.